The molecule has 0 aromatic rings. The summed E-state index contributed by atoms with van der Waals surface area (Å²) in [5.41, 5.74) is 0. The molecular formula is C14H26ClN3O. The lowest BCUT2D eigenvalue weighted by Gasteiger charge is -2.46. The van der Waals surface area contributed by atoms with E-state index >= 15 is 0 Å². The van der Waals surface area contributed by atoms with Crippen LogP contribution in [-0.2, 0) is 4.79 Å². The maximum absolute atomic E-state index is 12.4. The average molecular weight is 288 g/mol. The van der Waals surface area contributed by atoms with E-state index in [9.17, 15) is 4.79 Å². The molecule has 3 aliphatic rings. The molecule has 0 aromatic carbocycles. The number of nitrogens with zero attached hydrogens (tertiary/aromatic N) is 2. The zero-order valence-electron chi connectivity index (χ0n) is 11.8. The fourth-order valence-electron chi connectivity index (χ4n) is 3.97. The van der Waals surface area contributed by atoms with Crippen LogP contribution < -0.4 is 5.32 Å². The number of fused-ring (bicyclic) bond motifs is 1. The van der Waals surface area contributed by atoms with Gasteiger partial charge in [0.05, 0.1) is 6.04 Å². The van der Waals surface area contributed by atoms with Crippen LogP contribution in [0.5, 0.6) is 0 Å². The Labute approximate surface area is 122 Å². The largest absolute Gasteiger partial charge is 0.341 e. The van der Waals surface area contributed by atoms with Crippen molar-refractivity contribution in [1.29, 1.82) is 0 Å². The van der Waals surface area contributed by atoms with E-state index in [0.717, 1.165) is 38.5 Å². The number of carbonyl (C=O) groups is 1. The first kappa shape index (κ1) is 15.1. The third kappa shape index (κ3) is 3.06. The van der Waals surface area contributed by atoms with Gasteiger partial charge in [-0.05, 0) is 58.2 Å². The lowest BCUT2D eigenvalue weighted by Crippen LogP contribution is -2.56. The number of piperidine rings is 2. The number of likely N-dealkylation sites (tertiary alicyclic amines) is 2. The number of hydrogen-bond donors (Lipinski definition) is 1. The Kier molecular flexibility index (Phi) is 5.09. The molecule has 3 aliphatic heterocycles. The monoisotopic (exact) mass is 287 g/mol. The molecule has 5 heteroatoms. The van der Waals surface area contributed by atoms with Crippen molar-refractivity contribution in [3.8, 4) is 0 Å². The molecule has 2 unspecified atom stereocenters. The van der Waals surface area contributed by atoms with E-state index in [0.29, 0.717) is 11.8 Å². The zero-order chi connectivity index (χ0) is 12.5. The van der Waals surface area contributed by atoms with Crippen molar-refractivity contribution in [1.82, 2.24) is 15.1 Å². The first-order chi connectivity index (χ1) is 8.75. The van der Waals surface area contributed by atoms with Crippen molar-refractivity contribution in [3.05, 3.63) is 0 Å². The number of amides is 1. The molecule has 0 saturated carbocycles. The second-order valence-corrected chi connectivity index (χ2v) is 6.17. The fourth-order valence-corrected chi connectivity index (χ4v) is 3.97. The van der Waals surface area contributed by atoms with Crippen molar-refractivity contribution in [2.45, 2.75) is 44.2 Å². The molecule has 0 radical (unpaired) electrons. The third-order valence-corrected chi connectivity index (χ3v) is 5.02. The number of halogens is 1. The van der Waals surface area contributed by atoms with Gasteiger partial charge in [0.15, 0.2) is 0 Å². The van der Waals surface area contributed by atoms with Crippen LogP contribution in [0.25, 0.3) is 0 Å². The van der Waals surface area contributed by atoms with Gasteiger partial charge in [0.2, 0.25) is 5.91 Å². The highest BCUT2D eigenvalue weighted by molar-refractivity contribution is 5.85. The van der Waals surface area contributed by atoms with E-state index in [2.05, 4.69) is 22.2 Å². The van der Waals surface area contributed by atoms with Crippen LogP contribution in [0.2, 0.25) is 0 Å². The van der Waals surface area contributed by atoms with E-state index in [1.165, 1.54) is 25.8 Å². The van der Waals surface area contributed by atoms with Crippen molar-refractivity contribution in [2.24, 2.45) is 5.92 Å². The topological polar surface area (TPSA) is 35.6 Å². The van der Waals surface area contributed by atoms with Crippen LogP contribution in [0.15, 0.2) is 0 Å². The molecule has 3 heterocycles. The van der Waals surface area contributed by atoms with Crippen LogP contribution in [0.4, 0.5) is 0 Å². The molecule has 3 saturated heterocycles. The Balaban J connectivity index is 0.00000133. The van der Waals surface area contributed by atoms with Crippen molar-refractivity contribution in [2.75, 3.05) is 33.2 Å². The molecule has 110 valence electrons. The fraction of sp³-hybridized carbons (Fsp3) is 0.929. The molecule has 0 aliphatic carbocycles. The molecular weight excluding hydrogens is 262 g/mol. The van der Waals surface area contributed by atoms with Gasteiger partial charge in [-0.2, -0.15) is 0 Å². The standard InChI is InChI=1S/C14H25N3O.ClH/c1-16-8-3-4-11-10-17(9-6-13(11)16)14(18)12-5-2-7-15-12;/h11-13,15H,2-10H2,1H3;1H/t11?,12-,13?;/m0./s1. The molecule has 1 amide bonds. The predicted octanol–water partition coefficient (Wildman–Crippen LogP) is 1.10. The van der Waals surface area contributed by atoms with Gasteiger partial charge in [-0.25, -0.2) is 0 Å². The quantitative estimate of drug-likeness (QED) is 0.785. The number of carbonyl (C=O) groups excluding carboxylic acids is 1. The highest BCUT2D eigenvalue weighted by Gasteiger charge is 2.37. The van der Waals surface area contributed by atoms with Gasteiger partial charge in [0.1, 0.15) is 0 Å². The van der Waals surface area contributed by atoms with Crippen molar-refractivity contribution >= 4 is 18.3 Å². The van der Waals surface area contributed by atoms with E-state index in [1.54, 1.807) is 0 Å². The van der Waals surface area contributed by atoms with Gasteiger partial charge in [-0.1, -0.05) is 0 Å². The zero-order valence-corrected chi connectivity index (χ0v) is 12.6. The average Bonchev–Trinajstić information content (AvgIpc) is 2.91. The summed E-state index contributed by atoms with van der Waals surface area (Å²) in [6.07, 6.45) is 5.94. The summed E-state index contributed by atoms with van der Waals surface area (Å²) < 4.78 is 0. The highest BCUT2D eigenvalue weighted by atomic mass is 35.5. The molecule has 3 rings (SSSR count). The normalized spacial score (nSPS) is 35.6. The maximum atomic E-state index is 12.4. The summed E-state index contributed by atoms with van der Waals surface area (Å²) in [5.74, 6) is 1.07. The summed E-state index contributed by atoms with van der Waals surface area (Å²) in [5, 5.41) is 3.33. The lowest BCUT2D eigenvalue weighted by atomic mass is 9.84. The van der Waals surface area contributed by atoms with Gasteiger partial charge >= 0.3 is 0 Å². The molecule has 3 fully saturated rings. The molecule has 19 heavy (non-hydrogen) atoms. The Bertz CT molecular complexity index is 320. The van der Waals surface area contributed by atoms with Crippen LogP contribution in [0.3, 0.4) is 0 Å². The van der Waals surface area contributed by atoms with E-state index in [1.807, 2.05) is 0 Å². The first-order valence-electron chi connectivity index (χ1n) is 7.48. The van der Waals surface area contributed by atoms with Gasteiger partial charge in [-0.15, -0.1) is 12.4 Å². The minimum absolute atomic E-state index is 0. The van der Waals surface area contributed by atoms with Gasteiger partial charge in [-0.3, -0.25) is 4.79 Å². The molecule has 0 spiro atoms. The van der Waals surface area contributed by atoms with E-state index in [-0.39, 0.29) is 18.4 Å². The van der Waals surface area contributed by atoms with Crippen molar-refractivity contribution in [3.63, 3.8) is 0 Å². The minimum atomic E-state index is 0. The molecule has 0 aromatic heterocycles. The van der Waals surface area contributed by atoms with Gasteiger partial charge < -0.3 is 15.1 Å². The van der Waals surface area contributed by atoms with Gasteiger partial charge in [0, 0.05) is 19.1 Å². The van der Waals surface area contributed by atoms with Crippen LogP contribution >= 0.6 is 12.4 Å². The van der Waals surface area contributed by atoms with Crippen LogP contribution in [0.1, 0.15) is 32.1 Å². The smallest absolute Gasteiger partial charge is 0.239 e. The predicted molar refractivity (Wildman–Crippen MR) is 78.6 cm³/mol. The van der Waals surface area contributed by atoms with E-state index in [4.69, 9.17) is 0 Å². The second kappa shape index (κ2) is 6.42. The number of rotatable bonds is 1. The Hall–Kier alpha value is -0.320. The second-order valence-electron chi connectivity index (χ2n) is 6.17. The van der Waals surface area contributed by atoms with Crippen LogP contribution in [0, 0.1) is 5.92 Å². The summed E-state index contributed by atoms with van der Waals surface area (Å²) >= 11 is 0. The Morgan fingerprint density at radius 3 is 2.74 bits per heavy atom. The third-order valence-electron chi connectivity index (χ3n) is 5.02. The molecule has 1 N–H and O–H groups in total. The first-order valence-corrected chi connectivity index (χ1v) is 7.48. The molecule has 0 bridgehead atoms. The van der Waals surface area contributed by atoms with Crippen molar-refractivity contribution < 1.29 is 4.79 Å². The molecule has 4 nitrogen and oxygen atoms in total. The number of nitrogens with one attached hydrogen (secondary N) is 1. The summed E-state index contributed by atoms with van der Waals surface area (Å²) in [4.78, 5) is 17.0. The Morgan fingerprint density at radius 2 is 2.00 bits per heavy atom. The van der Waals surface area contributed by atoms with Crippen LogP contribution in [-0.4, -0.2) is 61.0 Å². The molecule has 3 atom stereocenters. The summed E-state index contributed by atoms with van der Waals surface area (Å²) in [6, 6.07) is 0.835. The summed E-state index contributed by atoms with van der Waals surface area (Å²) in [6.45, 7) is 4.20. The van der Waals surface area contributed by atoms with Gasteiger partial charge in [0.25, 0.3) is 0 Å². The lowest BCUT2D eigenvalue weighted by molar-refractivity contribution is -0.136. The van der Waals surface area contributed by atoms with E-state index < -0.39 is 0 Å². The summed E-state index contributed by atoms with van der Waals surface area (Å²) in [7, 11) is 2.24. The SMILES string of the molecule is CN1CCCC2CN(C(=O)[C@@H]3CCCN3)CCC21.Cl. The minimum Gasteiger partial charge on any atom is -0.341 e. The number of hydrogen-bond acceptors (Lipinski definition) is 3. The highest BCUT2D eigenvalue weighted by Crippen LogP contribution is 2.30. The maximum Gasteiger partial charge on any atom is 0.239 e. The Morgan fingerprint density at radius 1 is 1.16 bits per heavy atom.